The molecule has 0 saturated carbocycles. The first kappa shape index (κ1) is 16.0. The Morgan fingerprint density at radius 3 is 2.81 bits per heavy atom. The van der Waals surface area contributed by atoms with Gasteiger partial charge in [-0.25, -0.2) is 4.98 Å². The highest BCUT2D eigenvalue weighted by Gasteiger charge is 2.14. The number of nitrogens with zero attached hydrogens (tertiary/aromatic N) is 3. The third-order valence-corrected chi connectivity index (χ3v) is 4.49. The number of nitriles is 1. The number of pyridine rings is 1. The summed E-state index contributed by atoms with van der Waals surface area (Å²) < 4.78 is 7.31. The van der Waals surface area contributed by atoms with Gasteiger partial charge in [-0.3, -0.25) is 4.40 Å². The second-order valence-electron chi connectivity index (χ2n) is 6.16. The summed E-state index contributed by atoms with van der Waals surface area (Å²) in [7, 11) is 1.66. The standard InChI is InChI=1S/C21H18N4O/c1-14-10-20(23-13-15-6-5-7-16(11-15)26-2)25-19-9-4-3-8-18(19)24-21(25)17(14)12-22/h3-11,23H,13H2,1-2H3. The van der Waals surface area contributed by atoms with E-state index in [-0.39, 0.29) is 0 Å². The van der Waals surface area contributed by atoms with E-state index in [0.29, 0.717) is 17.8 Å². The number of hydrogen-bond donors (Lipinski definition) is 1. The van der Waals surface area contributed by atoms with E-state index < -0.39 is 0 Å². The summed E-state index contributed by atoms with van der Waals surface area (Å²) in [5.74, 6) is 1.74. The molecule has 26 heavy (non-hydrogen) atoms. The summed E-state index contributed by atoms with van der Waals surface area (Å²) >= 11 is 0. The van der Waals surface area contributed by atoms with Crippen LogP contribution in [-0.4, -0.2) is 16.5 Å². The summed E-state index contributed by atoms with van der Waals surface area (Å²) in [5, 5.41) is 13.0. The first-order chi connectivity index (χ1) is 12.7. The van der Waals surface area contributed by atoms with Gasteiger partial charge in [0.25, 0.3) is 0 Å². The third kappa shape index (κ3) is 2.62. The van der Waals surface area contributed by atoms with E-state index in [1.165, 1.54) is 0 Å². The van der Waals surface area contributed by atoms with E-state index in [9.17, 15) is 5.26 Å². The topological polar surface area (TPSA) is 62.3 Å². The number of nitrogens with one attached hydrogen (secondary N) is 1. The van der Waals surface area contributed by atoms with E-state index >= 15 is 0 Å². The largest absolute Gasteiger partial charge is 0.497 e. The number of fused-ring (bicyclic) bond motifs is 3. The maximum Gasteiger partial charge on any atom is 0.157 e. The normalized spacial score (nSPS) is 10.8. The van der Waals surface area contributed by atoms with Crippen LogP contribution in [0.1, 0.15) is 16.7 Å². The molecular weight excluding hydrogens is 324 g/mol. The van der Waals surface area contributed by atoms with Crippen molar-refractivity contribution >= 4 is 22.5 Å². The smallest absolute Gasteiger partial charge is 0.157 e. The number of ether oxygens (including phenoxy) is 1. The van der Waals surface area contributed by atoms with Gasteiger partial charge in [-0.2, -0.15) is 5.26 Å². The molecule has 0 atom stereocenters. The van der Waals surface area contributed by atoms with E-state index in [0.717, 1.165) is 33.7 Å². The Morgan fingerprint density at radius 2 is 2.00 bits per heavy atom. The van der Waals surface area contributed by atoms with Crippen LogP contribution < -0.4 is 10.1 Å². The van der Waals surface area contributed by atoms with Gasteiger partial charge in [-0.1, -0.05) is 24.3 Å². The van der Waals surface area contributed by atoms with Crippen LogP contribution >= 0.6 is 0 Å². The average Bonchev–Trinajstić information content (AvgIpc) is 3.05. The van der Waals surface area contributed by atoms with Crippen LogP contribution in [0.4, 0.5) is 5.82 Å². The van der Waals surface area contributed by atoms with Crippen LogP contribution in [0, 0.1) is 18.3 Å². The molecule has 0 saturated heterocycles. The number of hydrogen-bond acceptors (Lipinski definition) is 4. The number of anilines is 1. The number of aryl methyl sites for hydroxylation is 1. The first-order valence-corrected chi connectivity index (χ1v) is 8.39. The molecule has 5 heteroatoms. The molecule has 2 aromatic heterocycles. The van der Waals surface area contributed by atoms with E-state index in [1.807, 2.05) is 59.9 Å². The molecule has 0 aliphatic carbocycles. The molecule has 0 unspecified atom stereocenters. The molecule has 4 rings (SSSR count). The lowest BCUT2D eigenvalue weighted by Crippen LogP contribution is -2.06. The van der Waals surface area contributed by atoms with Gasteiger partial charge in [0, 0.05) is 6.54 Å². The first-order valence-electron chi connectivity index (χ1n) is 8.39. The van der Waals surface area contributed by atoms with E-state index in [2.05, 4.69) is 22.4 Å². The highest BCUT2D eigenvalue weighted by molar-refractivity contribution is 5.85. The lowest BCUT2D eigenvalue weighted by atomic mass is 10.1. The monoisotopic (exact) mass is 342 g/mol. The van der Waals surface area contributed by atoms with Crippen molar-refractivity contribution in [2.24, 2.45) is 0 Å². The minimum Gasteiger partial charge on any atom is -0.497 e. The minimum absolute atomic E-state index is 0.605. The predicted octanol–water partition coefficient (Wildman–Crippen LogP) is 4.29. The van der Waals surface area contributed by atoms with Gasteiger partial charge >= 0.3 is 0 Å². The van der Waals surface area contributed by atoms with E-state index in [1.54, 1.807) is 7.11 Å². The number of aromatic nitrogens is 2. The van der Waals surface area contributed by atoms with Crippen molar-refractivity contribution in [3.05, 3.63) is 71.3 Å². The van der Waals surface area contributed by atoms with Crippen LogP contribution in [0.25, 0.3) is 16.7 Å². The number of methoxy groups -OCH3 is 1. The van der Waals surface area contributed by atoms with Gasteiger partial charge in [0.15, 0.2) is 5.65 Å². The molecule has 128 valence electrons. The Bertz CT molecular complexity index is 1150. The van der Waals surface area contributed by atoms with Crippen LogP contribution in [0.2, 0.25) is 0 Å². The second-order valence-corrected chi connectivity index (χ2v) is 6.16. The zero-order valence-corrected chi connectivity index (χ0v) is 14.7. The number of benzene rings is 2. The Kier molecular flexibility index (Phi) is 3.94. The molecule has 0 amide bonds. The summed E-state index contributed by atoms with van der Waals surface area (Å²) in [6.07, 6.45) is 0. The summed E-state index contributed by atoms with van der Waals surface area (Å²) in [6.45, 7) is 2.58. The minimum atomic E-state index is 0.605. The van der Waals surface area contributed by atoms with Crippen molar-refractivity contribution < 1.29 is 4.74 Å². The molecule has 0 fully saturated rings. The van der Waals surface area contributed by atoms with Crippen molar-refractivity contribution in [1.82, 2.24) is 9.38 Å². The average molecular weight is 342 g/mol. The van der Waals surface area contributed by atoms with Gasteiger partial charge in [-0.15, -0.1) is 0 Å². The molecule has 0 bridgehead atoms. The number of imidazole rings is 1. The van der Waals surface area contributed by atoms with Gasteiger partial charge < -0.3 is 10.1 Å². The molecule has 1 N–H and O–H groups in total. The van der Waals surface area contributed by atoms with Gasteiger partial charge in [0.2, 0.25) is 0 Å². The van der Waals surface area contributed by atoms with Crippen molar-refractivity contribution in [3.8, 4) is 11.8 Å². The highest BCUT2D eigenvalue weighted by Crippen LogP contribution is 2.27. The van der Waals surface area contributed by atoms with Gasteiger partial charge in [-0.05, 0) is 48.4 Å². The molecule has 2 aromatic carbocycles. The Morgan fingerprint density at radius 1 is 1.15 bits per heavy atom. The molecule has 0 radical (unpaired) electrons. The van der Waals surface area contributed by atoms with E-state index in [4.69, 9.17) is 4.74 Å². The fraction of sp³-hybridized carbons (Fsp3) is 0.143. The highest BCUT2D eigenvalue weighted by atomic mass is 16.5. The molecule has 2 heterocycles. The van der Waals surface area contributed by atoms with Crippen molar-refractivity contribution in [2.45, 2.75) is 13.5 Å². The SMILES string of the molecule is COc1cccc(CNc2cc(C)c(C#N)c3nc4ccccc4n23)c1. The maximum absolute atomic E-state index is 9.56. The van der Waals surface area contributed by atoms with Crippen molar-refractivity contribution in [2.75, 3.05) is 12.4 Å². The Balaban J connectivity index is 1.82. The summed E-state index contributed by atoms with van der Waals surface area (Å²) in [4.78, 5) is 4.67. The fourth-order valence-corrected chi connectivity index (χ4v) is 3.20. The summed E-state index contributed by atoms with van der Waals surface area (Å²) in [6, 6.07) is 20.2. The molecule has 5 nitrogen and oxygen atoms in total. The zero-order valence-electron chi connectivity index (χ0n) is 14.7. The fourth-order valence-electron chi connectivity index (χ4n) is 3.20. The molecule has 0 aliphatic heterocycles. The predicted molar refractivity (Wildman–Crippen MR) is 102 cm³/mol. The van der Waals surface area contributed by atoms with Crippen molar-refractivity contribution in [1.29, 1.82) is 5.26 Å². The lowest BCUT2D eigenvalue weighted by Gasteiger charge is -2.13. The Labute approximate surface area is 151 Å². The lowest BCUT2D eigenvalue weighted by molar-refractivity contribution is 0.414. The number of para-hydroxylation sites is 2. The quantitative estimate of drug-likeness (QED) is 0.601. The molecular formula is C21H18N4O. The van der Waals surface area contributed by atoms with Crippen molar-refractivity contribution in [3.63, 3.8) is 0 Å². The molecule has 0 spiro atoms. The van der Waals surface area contributed by atoms with Crippen LogP contribution in [-0.2, 0) is 6.54 Å². The molecule has 0 aliphatic rings. The van der Waals surface area contributed by atoms with Crippen LogP contribution in [0.15, 0.2) is 54.6 Å². The third-order valence-electron chi connectivity index (χ3n) is 4.49. The maximum atomic E-state index is 9.56. The summed E-state index contributed by atoms with van der Waals surface area (Å²) in [5.41, 5.74) is 5.16. The Hall–Kier alpha value is -3.52. The zero-order chi connectivity index (χ0) is 18.1. The second kappa shape index (κ2) is 6.41. The number of rotatable bonds is 4. The van der Waals surface area contributed by atoms with Gasteiger partial charge in [0.05, 0.1) is 23.7 Å². The van der Waals surface area contributed by atoms with Crippen LogP contribution in [0.3, 0.4) is 0 Å². The molecule has 4 aromatic rings. The van der Waals surface area contributed by atoms with Gasteiger partial charge in [0.1, 0.15) is 17.6 Å². The van der Waals surface area contributed by atoms with Crippen LogP contribution in [0.5, 0.6) is 5.75 Å².